The van der Waals surface area contributed by atoms with E-state index in [-0.39, 0.29) is 5.92 Å². The van der Waals surface area contributed by atoms with Crippen LogP contribution in [0.15, 0.2) is 18.2 Å². The zero-order valence-corrected chi connectivity index (χ0v) is 12.1. The molecule has 98 valence electrons. The van der Waals surface area contributed by atoms with Crippen LogP contribution >= 0.6 is 23.2 Å². The van der Waals surface area contributed by atoms with E-state index < -0.39 is 0 Å². The molecule has 1 fully saturated rings. The van der Waals surface area contributed by atoms with Crippen molar-refractivity contribution in [2.45, 2.75) is 39.0 Å². The molecule has 2 rings (SSSR count). The van der Waals surface area contributed by atoms with Crippen LogP contribution in [0.25, 0.3) is 0 Å². The summed E-state index contributed by atoms with van der Waals surface area (Å²) in [5.41, 5.74) is 0.967. The summed E-state index contributed by atoms with van der Waals surface area (Å²) in [5.74, 6) is 1.35. The van der Waals surface area contributed by atoms with Crippen LogP contribution in [0.4, 0.5) is 0 Å². The molecule has 0 aliphatic heterocycles. The summed E-state index contributed by atoms with van der Waals surface area (Å²) in [5, 5.41) is 1.07. The highest BCUT2D eigenvalue weighted by Gasteiger charge is 2.28. The minimum atomic E-state index is 0.254. The van der Waals surface area contributed by atoms with Gasteiger partial charge in [0.15, 0.2) is 0 Å². The number of Topliss-reactive ketones (excluding diaryl/α,β-unsaturated/α-hetero) is 1. The van der Waals surface area contributed by atoms with Crippen molar-refractivity contribution in [1.82, 2.24) is 0 Å². The van der Waals surface area contributed by atoms with E-state index >= 15 is 0 Å². The Morgan fingerprint density at radius 3 is 2.67 bits per heavy atom. The second-order valence-electron chi connectivity index (χ2n) is 5.18. The summed E-state index contributed by atoms with van der Waals surface area (Å²) in [7, 11) is 0. The summed E-state index contributed by atoms with van der Waals surface area (Å²) in [6.07, 6.45) is 5.00. The van der Waals surface area contributed by atoms with E-state index in [1.54, 1.807) is 12.1 Å². The Bertz CT molecular complexity index is 442. The molecular formula is C15H18Cl2O. The Balaban J connectivity index is 1.97. The van der Waals surface area contributed by atoms with Crippen molar-refractivity contribution < 1.29 is 4.79 Å². The van der Waals surface area contributed by atoms with E-state index in [0.717, 1.165) is 24.3 Å². The Labute approximate surface area is 118 Å². The van der Waals surface area contributed by atoms with Gasteiger partial charge in [-0.25, -0.2) is 0 Å². The summed E-state index contributed by atoms with van der Waals surface area (Å²) in [4.78, 5) is 12.2. The van der Waals surface area contributed by atoms with Gasteiger partial charge in [-0.05, 0) is 42.9 Å². The molecule has 0 bridgehead atoms. The first kappa shape index (κ1) is 13.9. The molecule has 1 nitrogen and oxygen atoms in total. The molecule has 1 aliphatic carbocycles. The largest absolute Gasteiger partial charge is 0.299 e. The van der Waals surface area contributed by atoms with Crippen molar-refractivity contribution in [2.75, 3.05) is 0 Å². The van der Waals surface area contributed by atoms with Gasteiger partial charge < -0.3 is 0 Å². The van der Waals surface area contributed by atoms with Crippen LogP contribution in [0.5, 0.6) is 0 Å². The van der Waals surface area contributed by atoms with Crippen LogP contribution < -0.4 is 0 Å². The van der Waals surface area contributed by atoms with Gasteiger partial charge in [0.1, 0.15) is 5.78 Å². The van der Waals surface area contributed by atoms with Crippen LogP contribution in [0.3, 0.4) is 0 Å². The minimum absolute atomic E-state index is 0.254. The van der Waals surface area contributed by atoms with Gasteiger partial charge in [-0.15, -0.1) is 0 Å². The number of benzene rings is 1. The lowest BCUT2D eigenvalue weighted by Gasteiger charge is -2.09. The number of carbonyl (C=O) groups is 1. The predicted molar refractivity (Wildman–Crippen MR) is 76.3 cm³/mol. The molecule has 2 unspecified atom stereocenters. The topological polar surface area (TPSA) is 17.1 Å². The first-order valence-electron chi connectivity index (χ1n) is 6.56. The van der Waals surface area contributed by atoms with E-state index in [0.29, 0.717) is 22.2 Å². The minimum Gasteiger partial charge on any atom is -0.299 e. The lowest BCUT2D eigenvalue weighted by molar-refractivity contribution is -0.122. The van der Waals surface area contributed by atoms with E-state index in [4.69, 9.17) is 23.2 Å². The number of hydrogen-bond donors (Lipinski definition) is 0. The van der Waals surface area contributed by atoms with E-state index in [2.05, 4.69) is 6.92 Å². The predicted octanol–water partition coefficient (Wildman–Crippen LogP) is 4.93. The van der Waals surface area contributed by atoms with Crippen molar-refractivity contribution in [2.24, 2.45) is 11.8 Å². The van der Waals surface area contributed by atoms with Crippen LogP contribution in [0.1, 0.15) is 38.2 Å². The maximum Gasteiger partial charge on any atom is 0.140 e. The summed E-state index contributed by atoms with van der Waals surface area (Å²) in [6, 6.07) is 5.45. The molecule has 3 heteroatoms. The Kier molecular flexibility index (Phi) is 4.69. The van der Waals surface area contributed by atoms with Gasteiger partial charge in [0, 0.05) is 12.3 Å². The molecule has 1 saturated carbocycles. The fourth-order valence-corrected chi connectivity index (χ4v) is 3.05. The van der Waals surface area contributed by atoms with Gasteiger partial charge in [-0.2, -0.15) is 0 Å². The number of ketones is 1. The normalized spacial score (nSPS) is 23.3. The summed E-state index contributed by atoms with van der Waals surface area (Å²) in [6.45, 7) is 2.20. The number of rotatable bonds is 4. The maximum atomic E-state index is 12.2. The molecule has 0 heterocycles. The summed E-state index contributed by atoms with van der Waals surface area (Å²) >= 11 is 11.8. The molecule has 1 aromatic rings. The van der Waals surface area contributed by atoms with Crippen molar-refractivity contribution in [3.8, 4) is 0 Å². The molecule has 0 N–H and O–H groups in total. The molecule has 0 saturated heterocycles. The van der Waals surface area contributed by atoms with Gasteiger partial charge >= 0.3 is 0 Å². The molecule has 0 radical (unpaired) electrons. The van der Waals surface area contributed by atoms with Crippen molar-refractivity contribution in [3.63, 3.8) is 0 Å². The highest BCUT2D eigenvalue weighted by atomic mass is 35.5. The zero-order chi connectivity index (χ0) is 13.1. The van der Waals surface area contributed by atoms with E-state index in [1.807, 2.05) is 6.07 Å². The van der Waals surface area contributed by atoms with Gasteiger partial charge in [0.05, 0.1) is 10.0 Å². The standard InChI is InChI=1S/C15H18Cl2O/c1-2-10-3-5-12(7-10)15(18)9-11-4-6-13(16)14(17)8-11/h4,6,8,10,12H,2-3,5,7,9H2,1H3. The quantitative estimate of drug-likeness (QED) is 0.766. The third-order valence-corrected chi connectivity index (χ3v) is 4.68. The van der Waals surface area contributed by atoms with Gasteiger partial charge in [-0.1, -0.05) is 42.6 Å². The van der Waals surface area contributed by atoms with Crippen molar-refractivity contribution in [1.29, 1.82) is 0 Å². The van der Waals surface area contributed by atoms with Crippen LogP contribution in [-0.2, 0) is 11.2 Å². The second kappa shape index (κ2) is 6.08. The average molecular weight is 285 g/mol. The number of halogens is 2. The van der Waals surface area contributed by atoms with Crippen LogP contribution in [0, 0.1) is 11.8 Å². The molecule has 1 aliphatic rings. The SMILES string of the molecule is CCC1CCC(C(=O)Cc2ccc(Cl)c(Cl)c2)C1. The third kappa shape index (κ3) is 3.27. The van der Waals surface area contributed by atoms with Crippen molar-refractivity contribution in [3.05, 3.63) is 33.8 Å². The Morgan fingerprint density at radius 1 is 1.28 bits per heavy atom. The first-order valence-corrected chi connectivity index (χ1v) is 7.32. The van der Waals surface area contributed by atoms with E-state index in [9.17, 15) is 4.79 Å². The second-order valence-corrected chi connectivity index (χ2v) is 5.99. The molecule has 0 aromatic heterocycles. The fourth-order valence-electron chi connectivity index (χ4n) is 2.73. The molecule has 0 spiro atoms. The molecule has 2 atom stereocenters. The zero-order valence-electron chi connectivity index (χ0n) is 10.6. The van der Waals surface area contributed by atoms with Crippen LogP contribution in [-0.4, -0.2) is 5.78 Å². The monoisotopic (exact) mass is 284 g/mol. The van der Waals surface area contributed by atoms with Crippen molar-refractivity contribution >= 4 is 29.0 Å². The smallest absolute Gasteiger partial charge is 0.140 e. The lowest BCUT2D eigenvalue weighted by atomic mass is 9.95. The van der Waals surface area contributed by atoms with Gasteiger partial charge in [0.25, 0.3) is 0 Å². The number of carbonyl (C=O) groups excluding carboxylic acids is 1. The fraction of sp³-hybridized carbons (Fsp3) is 0.533. The van der Waals surface area contributed by atoms with Gasteiger partial charge in [-0.3, -0.25) is 4.79 Å². The van der Waals surface area contributed by atoms with E-state index in [1.165, 1.54) is 12.8 Å². The lowest BCUT2D eigenvalue weighted by Crippen LogP contribution is -2.14. The number of hydrogen-bond acceptors (Lipinski definition) is 1. The molecular weight excluding hydrogens is 267 g/mol. The molecule has 1 aromatic carbocycles. The molecule has 0 amide bonds. The van der Waals surface area contributed by atoms with Gasteiger partial charge in [0.2, 0.25) is 0 Å². The third-order valence-electron chi connectivity index (χ3n) is 3.94. The Morgan fingerprint density at radius 2 is 2.06 bits per heavy atom. The highest BCUT2D eigenvalue weighted by Crippen LogP contribution is 2.34. The molecule has 18 heavy (non-hydrogen) atoms. The maximum absolute atomic E-state index is 12.2. The highest BCUT2D eigenvalue weighted by molar-refractivity contribution is 6.42. The first-order chi connectivity index (χ1) is 8.60. The van der Waals surface area contributed by atoms with Crippen LogP contribution in [0.2, 0.25) is 10.0 Å². The Hall–Kier alpha value is -0.530. The summed E-state index contributed by atoms with van der Waals surface area (Å²) < 4.78 is 0. The average Bonchev–Trinajstić information content (AvgIpc) is 2.82.